The molecule has 1 saturated heterocycles. The molecule has 1 aliphatic carbocycles. The summed E-state index contributed by atoms with van der Waals surface area (Å²) < 4.78 is 0. The van der Waals surface area contributed by atoms with Crippen molar-refractivity contribution in [3.8, 4) is 0 Å². The maximum absolute atomic E-state index is 4.56. The molecule has 104 valence electrons. The molecule has 3 nitrogen and oxygen atoms in total. The van der Waals surface area contributed by atoms with Gasteiger partial charge in [0.25, 0.3) is 0 Å². The molecule has 0 aromatic carbocycles. The van der Waals surface area contributed by atoms with E-state index in [1.54, 1.807) is 0 Å². The normalized spacial score (nSPS) is 24.7. The summed E-state index contributed by atoms with van der Waals surface area (Å²) in [6.45, 7) is 2.16. The molecule has 0 amide bonds. The summed E-state index contributed by atoms with van der Waals surface area (Å²) in [4.78, 5) is 6.88. The van der Waals surface area contributed by atoms with Crippen molar-refractivity contribution in [2.75, 3.05) is 23.3 Å². The van der Waals surface area contributed by atoms with E-state index in [2.05, 4.69) is 40.0 Å². The zero-order valence-electron chi connectivity index (χ0n) is 11.4. The Kier molecular flexibility index (Phi) is 4.16. The Morgan fingerprint density at radius 2 is 2.05 bits per heavy atom. The van der Waals surface area contributed by atoms with E-state index in [9.17, 15) is 0 Å². The van der Waals surface area contributed by atoms with E-state index in [-0.39, 0.29) is 0 Å². The second-order valence-electron chi connectivity index (χ2n) is 5.77. The van der Waals surface area contributed by atoms with E-state index in [1.165, 1.54) is 44.2 Å². The zero-order valence-corrected chi connectivity index (χ0v) is 12.3. The summed E-state index contributed by atoms with van der Waals surface area (Å²) >= 11 is 4.56. The largest absolute Gasteiger partial charge is 0.370 e. The number of aromatic nitrogens is 1. The Hall–Kier alpha value is -0.900. The van der Waals surface area contributed by atoms with Gasteiger partial charge < -0.3 is 10.2 Å². The lowest BCUT2D eigenvalue weighted by atomic mass is 9.95. The van der Waals surface area contributed by atoms with E-state index >= 15 is 0 Å². The monoisotopic (exact) mass is 277 g/mol. The third kappa shape index (κ3) is 3.35. The van der Waals surface area contributed by atoms with Gasteiger partial charge in [0.05, 0.1) is 0 Å². The van der Waals surface area contributed by atoms with Crippen molar-refractivity contribution in [2.24, 2.45) is 0 Å². The van der Waals surface area contributed by atoms with Crippen LogP contribution in [-0.2, 0) is 0 Å². The van der Waals surface area contributed by atoms with Crippen LogP contribution in [0.2, 0.25) is 0 Å². The van der Waals surface area contributed by atoms with Gasteiger partial charge >= 0.3 is 0 Å². The predicted molar refractivity (Wildman–Crippen MR) is 84.3 cm³/mol. The molecule has 1 unspecified atom stereocenters. The smallest absolute Gasteiger partial charge is 0.128 e. The maximum atomic E-state index is 4.56. The molecule has 1 N–H and O–H groups in total. The number of pyridine rings is 1. The van der Waals surface area contributed by atoms with Gasteiger partial charge in [0.15, 0.2) is 0 Å². The van der Waals surface area contributed by atoms with Crippen LogP contribution in [0.25, 0.3) is 0 Å². The molecule has 2 heterocycles. The van der Waals surface area contributed by atoms with Gasteiger partial charge in [-0.2, -0.15) is 12.6 Å². The van der Waals surface area contributed by atoms with Gasteiger partial charge in [-0.15, -0.1) is 0 Å². The van der Waals surface area contributed by atoms with E-state index < -0.39 is 0 Å². The molecule has 1 aromatic rings. The van der Waals surface area contributed by atoms with Gasteiger partial charge in [-0.05, 0) is 25.3 Å². The number of hydrogen-bond donors (Lipinski definition) is 2. The SMILES string of the molecule is SC1CCN(c2ccnc(NC3CCCCC3)c2)C1. The first-order chi connectivity index (χ1) is 9.31. The standard InChI is InChI=1S/C15H23N3S/c19-14-7-9-18(11-14)13-6-8-16-15(10-13)17-12-4-2-1-3-5-12/h6,8,10,12,14,19H,1-5,7,9,11H2,(H,16,17). The average molecular weight is 277 g/mol. The Bertz CT molecular complexity index is 418. The Morgan fingerprint density at radius 1 is 1.21 bits per heavy atom. The van der Waals surface area contributed by atoms with Gasteiger partial charge in [-0.1, -0.05) is 19.3 Å². The summed E-state index contributed by atoms with van der Waals surface area (Å²) in [5, 5.41) is 4.12. The summed E-state index contributed by atoms with van der Waals surface area (Å²) in [5.41, 5.74) is 1.28. The first-order valence-electron chi connectivity index (χ1n) is 7.47. The quantitative estimate of drug-likeness (QED) is 0.830. The Balaban J connectivity index is 1.65. The third-order valence-corrected chi connectivity index (χ3v) is 4.65. The predicted octanol–water partition coefficient (Wildman–Crippen LogP) is 3.33. The molecule has 0 bridgehead atoms. The van der Waals surface area contributed by atoms with Crippen molar-refractivity contribution in [3.63, 3.8) is 0 Å². The lowest BCUT2D eigenvalue weighted by Crippen LogP contribution is -2.23. The first-order valence-corrected chi connectivity index (χ1v) is 7.98. The molecule has 1 saturated carbocycles. The van der Waals surface area contributed by atoms with Gasteiger partial charge in [-0.25, -0.2) is 4.98 Å². The van der Waals surface area contributed by atoms with E-state index in [1.807, 2.05) is 6.20 Å². The molecule has 4 heteroatoms. The van der Waals surface area contributed by atoms with Gasteiger partial charge in [0, 0.05) is 42.3 Å². The van der Waals surface area contributed by atoms with Crippen LogP contribution in [0.3, 0.4) is 0 Å². The fourth-order valence-corrected chi connectivity index (χ4v) is 3.44. The van der Waals surface area contributed by atoms with Crippen LogP contribution in [0.5, 0.6) is 0 Å². The number of rotatable bonds is 3. The van der Waals surface area contributed by atoms with Crippen LogP contribution in [0.15, 0.2) is 18.3 Å². The van der Waals surface area contributed by atoms with Gasteiger partial charge in [0.1, 0.15) is 5.82 Å². The molecule has 19 heavy (non-hydrogen) atoms. The van der Waals surface area contributed by atoms with E-state index in [0.717, 1.165) is 18.9 Å². The Labute approximate surface area is 121 Å². The minimum absolute atomic E-state index is 0.517. The van der Waals surface area contributed by atoms with Crippen LogP contribution in [0, 0.1) is 0 Å². The summed E-state index contributed by atoms with van der Waals surface area (Å²) in [6, 6.07) is 4.92. The van der Waals surface area contributed by atoms with Crippen LogP contribution >= 0.6 is 12.6 Å². The van der Waals surface area contributed by atoms with Gasteiger partial charge in [0.2, 0.25) is 0 Å². The van der Waals surface area contributed by atoms with Gasteiger partial charge in [-0.3, -0.25) is 0 Å². The average Bonchev–Trinajstić information content (AvgIpc) is 2.87. The van der Waals surface area contributed by atoms with Crippen LogP contribution < -0.4 is 10.2 Å². The highest BCUT2D eigenvalue weighted by Gasteiger charge is 2.20. The lowest BCUT2D eigenvalue weighted by Gasteiger charge is -2.24. The maximum Gasteiger partial charge on any atom is 0.128 e. The number of hydrogen-bond acceptors (Lipinski definition) is 4. The third-order valence-electron chi connectivity index (χ3n) is 4.23. The van der Waals surface area contributed by atoms with Crippen LogP contribution in [-0.4, -0.2) is 29.4 Å². The summed E-state index contributed by atoms with van der Waals surface area (Å²) in [5.74, 6) is 1.03. The molecular weight excluding hydrogens is 254 g/mol. The fourth-order valence-electron chi connectivity index (χ4n) is 3.13. The molecular formula is C15H23N3S. The number of thiol groups is 1. The highest BCUT2D eigenvalue weighted by atomic mass is 32.1. The summed E-state index contributed by atoms with van der Waals surface area (Å²) in [7, 11) is 0. The molecule has 2 aliphatic rings. The molecule has 0 radical (unpaired) electrons. The van der Waals surface area contributed by atoms with Crippen molar-refractivity contribution < 1.29 is 0 Å². The van der Waals surface area contributed by atoms with Crippen molar-refractivity contribution in [2.45, 2.75) is 49.8 Å². The number of anilines is 2. The minimum Gasteiger partial charge on any atom is -0.370 e. The molecule has 1 aliphatic heterocycles. The highest BCUT2D eigenvalue weighted by Crippen LogP contribution is 2.26. The lowest BCUT2D eigenvalue weighted by molar-refractivity contribution is 0.462. The van der Waals surface area contributed by atoms with Crippen LogP contribution in [0.4, 0.5) is 11.5 Å². The van der Waals surface area contributed by atoms with Crippen molar-refractivity contribution in [1.82, 2.24) is 4.98 Å². The highest BCUT2D eigenvalue weighted by molar-refractivity contribution is 7.81. The summed E-state index contributed by atoms with van der Waals surface area (Å²) in [6.07, 6.45) is 9.77. The second-order valence-corrected chi connectivity index (χ2v) is 6.50. The molecule has 1 atom stereocenters. The second kappa shape index (κ2) is 6.04. The van der Waals surface area contributed by atoms with Crippen molar-refractivity contribution in [3.05, 3.63) is 18.3 Å². The molecule has 3 rings (SSSR count). The van der Waals surface area contributed by atoms with E-state index in [4.69, 9.17) is 0 Å². The van der Waals surface area contributed by atoms with Crippen molar-refractivity contribution in [1.29, 1.82) is 0 Å². The molecule has 1 aromatic heterocycles. The number of nitrogens with zero attached hydrogens (tertiary/aromatic N) is 2. The fraction of sp³-hybridized carbons (Fsp3) is 0.667. The van der Waals surface area contributed by atoms with Crippen LogP contribution in [0.1, 0.15) is 38.5 Å². The Morgan fingerprint density at radius 3 is 2.79 bits per heavy atom. The number of nitrogens with one attached hydrogen (secondary N) is 1. The van der Waals surface area contributed by atoms with Crippen molar-refractivity contribution >= 4 is 24.1 Å². The molecule has 0 spiro atoms. The minimum atomic E-state index is 0.517. The zero-order chi connectivity index (χ0) is 13.1. The van der Waals surface area contributed by atoms with E-state index in [0.29, 0.717) is 11.3 Å². The molecule has 2 fully saturated rings. The topological polar surface area (TPSA) is 28.2 Å². The first kappa shape index (κ1) is 13.1.